The first-order valence-electron chi connectivity index (χ1n) is 9.67. The van der Waals surface area contributed by atoms with Gasteiger partial charge in [-0.1, -0.05) is 48.5 Å². The van der Waals surface area contributed by atoms with Crippen LogP contribution in [0.5, 0.6) is 5.75 Å². The van der Waals surface area contributed by atoms with E-state index in [2.05, 4.69) is 46.5 Å². The van der Waals surface area contributed by atoms with Crippen LogP contribution in [0.4, 0.5) is 5.69 Å². The lowest BCUT2D eigenvalue weighted by Crippen LogP contribution is -2.17. The van der Waals surface area contributed by atoms with Crippen molar-refractivity contribution in [2.24, 2.45) is 4.99 Å². The van der Waals surface area contributed by atoms with Crippen molar-refractivity contribution in [1.82, 2.24) is 0 Å². The molecule has 6 heteroatoms. The van der Waals surface area contributed by atoms with E-state index >= 15 is 0 Å². The van der Waals surface area contributed by atoms with Gasteiger partial charge in [0.15, 0.2) is 0 Å². The van der Waals surface area contributed by atoms with Gasteiger partial charge in [0.05, 0.1) is 10.6 Å². The Labute approximate surface area is 178 Å². The predicted molar refractivity (Wildman–Crippen MR) is 125 cm³/mol. The van der Waals surface area contributed by atoms with Gasteiger partial charge in [-0.25, -0.2) is 8.42 Å². The lowest BCUT2D eigenvalue weighted by molar-refractivity contribution is 0.423. The Morgan fingerprint density at radius 3 is 1.86 bits per heavy atom. The van der Waals surface area contributed by atoms with Crippen molar-refractivity contribution in [3.8, 4) is 5.75 Å². The molecule has 0 fully saturated rings. The molecule has 0 radical (unpaired) electrons. The highest BCUT2D eigenvalue weighted by Crippen LogP contribution is 2.39. The molecule has 0 aliphatic rings. The van der Waals surface area contributed by atoms with Crippen LogP contribution in [0, 0.1) is 0 Å². The molecule has 2 aromatic rings. The third kappa shape index (κ3) is 5.86. The van der Waals surface area contributed by atoms with Crippen molar-refractivity contribution in [1.29, 1.82) is 0 Å². The fourth-order valence-corrected chi connectivity index (χ4v) is 5.53. The molecule has 0 aromatic heterocycles. The minimum absolute atomic E-state index is 0.207. The highest BCUT2D eigenvalue weighted by Gasteiger charge is 2.26. The number of aliphatic imine (C=N–C) groups is 1. The summed E-state index contributed by atoms with van der Waals surface area (Å²) in [5.74, 6) is 0.847. The molecule has 0 aliphatic carbocycles. The largest absolute Gasteiger partial charge is 0.507 e. The average Bonchev–Trinajstić information content (AvgIpc) is 2.59. The van der Waals surface area contributed by atoms with Gasteiger partial charge in [0.1, 0.15) is 5.75 Å². The van der Waals surface area contributed by atoms with Crippen LogP contribution in [0.1, 0.15) is 65.2 Å². The number of benzene rings is 2. The first-order chi connectivity index (χ1) is 13.3. The van der Waals surface area contributed by atoms with Gasteiger partial charge in [-0.2, -0.15) is 0 Å². The van der Waals surface area contributed by atoms with E-state index in [1.54, 1.807) is 30.5 Å². The maximum atomic E-state index is 12.1. The highest BCUT2D eigenvalue weighted by molar-refractivity contribution is 8.72. The second-order valence-electron chi connectivity index (χ2n) is 9.08. The molecule has 1 N–H and O–H groups in total. The summed E-state index contributed by atoms with van der Waals surface area (Å²) in [5.41, 5.74) is 2.92. The molecule has 29 heavy (non-hydrogen) atoms. The van der Waals surface area contributed by atoms with E-state index in [-0.39, 0.29) is 15.7 Å². The number of phenolic OH excluding ortho intramolecular Hbond substituents is 1. The van der Waals surface area contributed by atoms with Gasteiger partial charge < -0.3 is 5.11 Å². The van der Waals surface area contributed by atoms with E-state index in [9.17, 15) is 13.5 Å². The summed E-state index contributed by atoms with van der Waals surface area (Å²) in [4.78, 5) is 4.80. The fourth-order valence-electron chi connectivity index (χ4n) is 2.95. The van der Waals surface area contributed by atoms with Crippen LogP contribution < -0.4 is 0 Å². The minimum atomic E-state index is -3.31. The zero-order valence-electron chi connectivity index (χ0n) is 18.3. The second kappa shape index (κ2) is 8.52. The lowest BCUT2D eigenvalue weighted by Gasteiger charge is -2.27. The fraction of sp³-hybridized carbons (Fsp3) is 0.435. The molecular weight excluding hydrogens is 402 g/mol. The van der Waals surface area contributed by atoms with Crippen LogP contribution in [0.15, 0.2) is 46.3 Å². The zero-order chi connectivity index (χ0) is 22.0. The predicted octanol–water partition coefficient (Wildman–Crippen LogP) is 6.18. The Morgan fingerprint density at radius 2 is 1.45 bits per heavy atom. The number of aromatic hydroxyl groups is 1. The van der Waals surface area contributed by atoms with Gasteiger partial charge in [-0.3, -0.25) is 4.99 Å². The smallest absolute Gasteiger partial charge is 0.229 e. The van der Waals surface area contributed by atoms with Crippen LogP contribution >= 0.6 is 10.8 Å². The molecule has 0 atom stereocenters. The Hall–Kier alpha value is -1.79. The molecule has 2 rings (SSSR count). The van der Waals surface area contributed by atoms with Gasteiger partial charge in [0.25, 0.3) is 0 Å². The van der Waals surface area contributed by atoms with Gasteiger partial charge >= 0.3 is 0 Å². The molecule has 0 spiro atoms. The summed E-state index contributed by atoms with van der Waals surface area (Å²) < 4.78 is 24.2. The summed E-state index contributed by atoms with van der Waals surface area (Å²) in [6.07, 6.45) is 1.76. The molecule has 0 saturated heterocycles. The Balaban J connectivity index is 2.42. The molecule has 0 aliphatic heterocycles. The molecule has 0 heterocycles. The Morgan fingerprint density at radius 1 is 0.966 bits per heavy atom. The molecule has 0 bridgehead atoms. The van der Waals surface area contributed by atoms with Crippen LogP contribution in [-0.2, 0) is 19.7 Å². The van der Waals surface area contributed by atoms with E-state index in [1.807, 2.05) is 19.1 Å². The maximum Gasteiger partial charge on any atom is 0.229 e. The quantitative estimate of drug-likeness (QED) is 0.452. The molecule has 0 unspecified atom stereocenters. The molecule has 158 valence electrons. The number of nitrogens with zero attached hydrogens (tertiary/aromatic N) is 1. The van der Waals surface area contributed by atoms with Gasteiger partial charge in [0.2, 0.25) is 8.87 Å². The third-order valence-corrected chi connectivity index (χ3v) is 8.12. The van der Waals surface area contributed by atoms with E-state index in [1.165, 1.54) is 0 Å². The van der Waals surface area contributed by atoms with E-state index < -0.39 is 8.87 Å². The van der Waals surface area contributed by atoms with Gasteiger partial charge in [0, 0.05) is 23.1 Å². The van der Waals surface area contributed by atoms with E-state index in [4.69, 9.17) is 0 Å². The molecule has 0 saturated carbocycles. The Bertz CT molecular complexity index is 959. The second-order valence-corrected chi connectivity index (χ2v) is 13.3. The monoisotopic (exact) mass is 433 g/mol. The summed E-state index contributed by atoms with van der Waals surface area (Å²) in [7, 11) is -2.38. The molecular formula is C23H31NO3S2. The van der Waals surface area contributed by atoms with Crippen molar-refractivity contribution in [3.63, 3.8) is 0 Å². The third-order valence-electron chi connectivity index (χ3n) is 4.51. The van der Waals surface area contributed by atoms with E-state index in [0.29, 0.717) is 17.2 Å². The van der Waals surface area contributed by atoms with Crippen molar-refractivity contribution in [3.05, 3.63) is 53.1 Å². The average molecular weight is 434 g/mol. The number of hydrogen-bond donors (Lipinski definition) is 1. The van der Waals surface area contributed by atoms with Crippen molar-refractivity contribution in [2.75, 3.05) is 5.75 Å². The summed E-state index contributed by atoms with van der Waals surface area (Å²) >= 11 is 0. The number of hydrogen-bond acceptors (Lipinski definition) is 5. The van der Waals surface area contributed by atoms with Crippen LogP contribution in [0.2, 0.25) is 0 Å². The maximum absolute atomic E-state index is 12.1. The lowest BCUT2D eigenvalue weighted by atomic mass is 9.78. The molecule has 2 aromatic carbocycles. The first kappa shape index (κ1) is 23.5. The number of phenols is 1. The van der Waals surface area contributed by atoms with Crippen molar-refractivity contribution in [2.45, 2.75) is 64.2 Å². The van der Waals surface area contributed by atoms with Crippen LogP contribution in [0.25, 0.3) is 0 Å². The first-order valence-corrected chi connectivity index (χ1v) is 12.7. The van der Waals surface area contributed by atoms with Crippen LogP contribution in [0.3, 0.4) is 0 Å². The molecule has 0 amide bonds. The standard InChI is InChI=1S/C23H31NO3S2/c1-8-28-29(26,27)18-11-9-17(10-12-18)24-15-16-13-19(22(2,3)4)21(25)20(14-16)23(5,6)7/h9-15,25H,8H2,1-7H3. The van der Waals surface area contributed by atoms with Gasteiger partial charge in [-0.05, 0) is 63.6 Å². The highest BCUT2D eigenvalue weighted by atomic mass is 33.1. The molecule has 4 nitrogen and oxygen atoms in total. The van der Waals surface area contributed by atoms with Crippen molar-refractivity contribution >= 4 is 31.6 Å². The minimum Gasteiger partial charge on any atom is -0.507 e. The zero-order valence-corrected chi connectivity index (χ0v) is 19.9. The summed E-state index contributed by atoms with van der Waals surface area (Å²) in [6.45, 7) is 14.2. The number of rotatable bonds is 5. The van der Waals surface area contributed by atoms with Gasteiger partial charge in [-0.15, -0.1) is 0 Å². The SMILES string of the molecule is CCSS(=O)(=O)c1ccc(N=Cc2cc(C(C)(C)C)c(O)c(C(C)(C)C)c2)cc1. The normalized spacial score (nSPS) is 13.2. The Kier molecular flexibility index (Phi) is 6.90. The summed E-state index contributed by atoms with van der Waals surface area (Å²) in [6, 6.07) is 10.5. The van der Waals surface area contributed by atoms with E-state index in [0.717, 1.165) is 27.5 Å². The van der Waals surface area contributed by atoms with Crippen LogP contribution in [-0.4, -0.2) is 25.5 Å². The van der Waals surface area contributed by atoms with Crippen molar-refractivity contribution < 1.29 is 13.5 Å². The topological polar surface area (TPSA) is 66.7 Å². The summed E-state index contributed by atoms with van der Waals surface area (Å²) in [5, 5.41) is 10.8.